The second-order valence-electron chi connectivity index (χ2n) is 5.79. The standard InChI is InChI=1S/C16H24N2O5/c1-10(2)17(11(3)4)16(19)12(5)23-15-9-13(18(20)21)7-8-14(15)22-6/h7-12H,1-6H3/t12-/m1/s1. The molecule has 0 spiro atoms. The van der Waals surface area contributed by atoms with Gasteiger partial charge >= 0.3 is 0 Å². The van der Waals surface area contributed by atoms with Crippen LogP contribution in [-0.4, -0.2) is 41.0 Å². The molecule has 7 heteroatoms. The number of benzene rings is 1. The van der Waals surface area contributed by atoms with Crippen molar-refractivity contribution in [2.45, 2.75) is 52.8 Å². The Labute approximate surface area is 136 Å². The third-order valence-corrected chi connectivity index (χ3v) is 3.38. The van der Waals surface area contributed by atoms with Crippen LogP contribution < -0.4 is 9.47 Å². The van der Waals surface area contributed by atoms with Crippen LogP contribution in [0.3, 0.4) is 0 Å². The summed E-state index contributed by atoms with van der Waals surface area (Å²) < 4.78 is 10.8. The van der Waals surface area contributed by atoms with E-state index in [4.69, 9.17) is 9.47 Å². The molecule has 1 amide bonds. The highest BCUT2D eigenvalue weighted by Gasteiger charge is 2.27. The number of ether oxygens (including phenoxy) is 2. The van der Waals surface area contributed by atoms with Gasteiger partial charge in [-0.3, -0.25) is 14.9 Å². The molecule has 128 valence electrons. The second kappa shape index (κ2) is 7.80. The number of hydrogen-bond donors (Lipinski definition) is 0. The number of methoxy groups -OCH3 is 1. The van der Waals surface area contributed by atoms with Gasteiger partial charge in [0.2, 0.25) is 0 Å². The predicted octanol–water partition coefficient (Wildman–Crippen LogP) is 3.02. The van der Waals surface area contributed by atoms with Crippen LogP contribution in [0, 0.1) is 10.1 Å². The molecule has 0 aliphatic heterocycles. The number of amides is 1. The molecule has 0 unspecified atom stereocenters. The van der Waals surface area contributed by atoms with E-state index in [0.717, 1.165) is 0 Å². The highest BCUT2D eigenvalue weighted by atomic mass is 16.6. The smallest absolute Gasteiger partial charge is 0.273 e. The van der Waals surface area contributed by atoms with E-state index in [2.05, 4.69) is 0 Å². The molecule has 1 aromatic rings. The van der Waals surface area contributed by atoms with Crippen LogP contribution in [0.1, 0.15) is 34.6 Å². The molecular formula is C16H24N2O5. The van der Waals surface area contributed by atoms with E-state index in [1.165, 1.54) is 25.3 Å². The molecule has 0 heterocycles. The molecule has 0 fully saturated rings. The first-order valence-electron chi connectivity index (χ1n) is 7.50. The lowest BCUT2D eigenvalue weighted by Gasteiger charge is -2.33. The van der Waals surface area contributed by atoms with Crippen molar-refractivity contribution in [2.75, 3.05) is 7.11 Å². The molecule has 0 radical (unpaired) electrons. The molecule has 7 nitrogen and oxygen atoms in total. The van der Waals surface area contributed by atoms with Gasteiger partial charge in [0.1, 0.15) is 0 Å². The van der Waals surface area contributed by atoms with E-state index in [-0.39, 0.29) is 29.4 Å². The summed E-state index contributed by atoms with van der Waals surface area (Å²) in [5, 5.41) is 10.9. The highest BCUT2D eigenvalue weighted by molar-refractivity contribution is 5.81. The summed E-state index contributed by atoms with van der Waals surface area (Å²) in [6, 6.07) is 4.10. The fourth-order valence-corrected chi connectivity index (χ4v) is 2.43. The van der Waals surface area contributed by atoms with Crippen molar-refractivity contribution in [3.63, 3.8) is 0 Å². The fourth-order valence-electron chi connectivity index (χ4n) is 2.43. The summed E-state index contributed by atoms with van der Waals surface area (Å²) in [6.07, 6.45) is -0.782. The average Bonchev–Trinajstić information content (AvgIpc) is 2.46. The maximum Gasteiger partial charge on any atom is 0.273 e. The minimum absolute atomic E-state index is 0.0283. The lowest BCUT2D eigenvalue weighted by atomic mass is 10.2. The number of rotatable bonds is 7. The SMILES string of the molecule is COc1ccc([N+](=O)[O-])cc1O[C@H](C)C(=O)N(C(C)C)C(C)C. The molecule has 23 heavy (non-hydrogen) atoms. The van der Waals surface area contributed by atoms with Gasteiger partial charge in [-0.25, -0.2) is 0 Å². The molecule has 0 N–H and O–H groups in total. The zero-order valence-corrected chi connectivity index (χ0v) is 14.4. The Morgan fingerprint density at radius 2 is 1.70 bits per heavy atom. The molecule has 0 aliphatic rings. The van der Waals surface area contributed by atoms with Crippen LogP contribution in [0.25, 0.3) is 0 Å². The van der Waals surface area contributed by atoms with E-state index in [9.17, 15) is 14.9 Å². The first-order chi connectivity index (χ1) is 10.7. The van der Waals surface area contributed by atoms with Crippen LogP contribution in [0.15, 0.2) is 18.2 Å². The first-order valence-corrected chi connectivity index (χ1v) is 7.50. The fraction of sp³-hybridized carbons (Fsp3) is 0.562. The van der Waals surface area contributed by atoms with Gasteiger partial charge in [0.05, 0.1) is 18.1 Å². The third kappa shape index (κ3) is 4.58. The summed E-state index contributed by atoms with van der Waals surface area (Å²) >= 11 is 0. The topological polar surface area (TPSA) is 81.9 Å². The van der Waals surface area contributed by atoms with Crippen LogP contribution >= 0.6 is 0 Å². The summed E-state index contributed by atoms with van der Waals surface area (Å²) in [4.78, 5) is 24.7. The predicted molar refractivity (Wildman–Crippen MR) is 86.9 cm³/mol. The molecule has 0 aliphatic carbocycles. The van der Waals surface area contributed by atoms with Crippen LogP contribution in [0.2, 0.25) is 0 Å². The van der Waals surface area contributed by atoms with Gasteiger partial charge in [0.25, 0.3) is 11.6 Å². The molecule has 0 aromatic heterocycles. The third-order valence-electron chi connectivity index (χ3n) is 3.38. The van der Waals surface area contributed by atoms with Gasteiger partial charge in [-0.1, -0.05) is 0 Å². The average molecular weight is 324 g/mol. The van der Waals surface area contributed by atoms with Crippen LogP contribution in [0.4, 0.5) is 5.69 Å². The number of non-ortho nitro benzene ring substituents is 1. The van der Waals surface area contributed by atoms with E-state index in [1.54, 1.807) is 11.8 Å². The van der Waals surface area contributed by atoms with E-state index >= 15 is 0 Å². The van der Waals surface area contributed by atoms with E-state index < -0.39 is 11.0 Å². The molecule has 1 atom stereocenters. The van der Waals surface area contributed by atoms with Gasteiger partial charge in [0.15, 0.2) is 17.6 Å². The lowest BCUT2D eigenvalue weighted by Crippen LogP contribution is -2.48. The van der Waals surface area contributed by atoms with E-state index in [1.807, 2.05) is 27.7 Å². The van der Waals surface area contributed by atoms with Crippen molar-refractivity contribution in [3.8, 4) is 11.5 Å². The van der Waals surface area contributed by atoms with Gasteiger partial charge in [0, 0.05) is 18.2 Å². The Hall–Kier alpha value is -2.31. The Balaban J connectivity index is 3.03. The molecule has 0 saturated heterocycles. The minimum Gasteiger partial charge on any atom is -0.493 e. The van der Waals surface area contributed by atoms with Crippen molar-refractivity contribution in [3.05, 3.63) is 28.3 Å². The Kier molecular flexibility index (Phi) is 6.36. The van der Waals surface area contributed by atoms with Gasteiger partial charge in [-0.15, -0.1) is 0 Å². The van der Waals surface area contributed by atoms with Gasteiger partial charge in [-0.05, 0) is 40.7 Å². The number of carbonyl (C=O) groups is 1. The summed E-state index contributed by atoms with van der Waals surface area (Å²) in [5.41, 5.74) is -0.120. The maximum absolute atomic E-state index is 12.6. The van der Waals surface area contributed by atoms with E-state index in [0.29, 0.717) is 5.75 Å². The monoisotopic (exact) mass is 324 g/mol. The number of nitrogens with zero attached hydrogens (tertiary/aromatic N) is 2. The zero-order valence-electron chi connectivity index (χ0n) is 14.4. The molecule has 0 saturated carbocycles. The number of nitro groups is 1. The Morgan fingerprint density at radius 3 is 2.13 bits per heavy atom. The quantitative estimate of drug-likeness (QED) is 0.569. The molecular weight excluding hydrogens is 300 g/mol. The zero-order chi connectivity index (χ0) is 17.7. The lowest BCUT2D eigenvalue weighted by molar-refractivity contribution is -0.385. The Bertz CT molecular complexity index is 564. The van der Waals surface area contributed by atoms with Gasteiger partial charge < -0.3 is 14.4 Å². The summed E-state index contributed by atoms with van der Waals surface area (Å²) in [6.45, 7) is 9.34. The molecule has 1 rings (SSSR count). The van der Waals surface area contributed by atoms with Gasteiger partial charge in [-0.2, -0.15) is 0 Å². The Morgan fingerprint density at radius 1 is 1.13 bits per heavy atom. The number of hydrogen-bond acceptors (Lipinski definition) is 5. The first kappa shape index (κ1) is 18.7. The van der Waals surface area contributed by atoms with Crippen molar-refractivity contribution in [1.29, 1.82) is 0 Å². The molecule has 0 bridgehead atoms. The largest absolute Gasteiger partial charge is 0.493 e. The van der Waals surface area contributed by atoms with Crippen molar-refractivity contribution in [2.24, 2.45) is 0 Å². The maximum atomic E-state index is 12.6. The van der Waals surface area contributed by atoms with Crippen LogP contribution in [-0.2, 0) is 4.79 Å². The number of nitro benzene ring substituents is 1. The second-order valence-corrected chi connectivity index (χ2v) is 5.79. The van der Waals surface area contributed by atoms with Crippen LogP contribution in [0.5, 0.6) is 11.5 Å². The minimum atomic E-state index is -0.782. The highest BCUT2D eigenvalue weighted by Crippen LogP contribution is 2.32. The van der Waals surface area contributed by atoms with Crippen molar-refractivity contribution < 1.29 is 19.2 Å². The number of carbonyl (C=O) groups excluding carboxylic acids is 1. The summed E-state index contributed by atoms with van der Waals surface area (Å²) in [7, 11) is 1.44. The van der Waals surface area contributed by atoms with Crippen molar-refractivity contribution in [1.82, 2.24) is 4.90 Å². The molecule has 1 aromatic carbocycles. The van der Waals surface area contributed by atoms with Crippen molar-refractivity contribution >= 4 is 11.6 Å². The normalized spacial score (nSPS) is 12.2. The summed E-state index contributed by atoms with van der Waals surface area (Å²) in [5.74, 6) is 0.342.